The molecule has 0 saturated heterocycles. The molecule has 5 rings (SSSR count). The van der Waals surface area contributed by atoms with Gasteiger partial charge in [-0.1, -0.05) is 11.6 Å². The van der Waals surface area contributed by atoms with Gasteiger partial charge in [-0.05, 0) is 78.4 Å². The number of aromatic nitrogens is 3. The third-order valence-corrected chi connectivity index (χ3v) is 5.69. The molecule has 0 radical (unpaired) electrons. The number of ether oxygens (including phenoxy) is 2. The van der Waals surface area contributed by atoms with Gasteiger partial charge < -0.3 is 9.47 Å². The lowest BCUT2D eigenvalue weighted by Gasteiger charge is -2.00. The number of methoxy groups -OCH3 is 2. The van der Waals surface area contributed by atoms with Crippen LogP contribution in [-0.2, 0) is 0 Å². The van der Waals surface area contributed by atoms with Gasteiger partial charge in [-0.25, -0.2) is 4.98 Å². The third kappa shape index (κ3) is 4.21. The van der Waals surface area contributed by atoms with Crippen LogP contribution in [0.3, 0.4) is 0 Å². The highest BCUT2D eigenvalue weighted by Crippen LogP contribution is 2.24. The lowest BCUT2D eigenvalue weighted by atomic mass is 10.1. The van der Waals surface area contributed by atoms with Gasteiger partial charge in [-0.15, -0.1) is 9.78 Å². The Kier molecular flexibility index (Phi) is 5.59. The van der Waals surface area contributed by atoms with Crippen molar-refractivity contribution in [2.75, 3.05) is 14.2 Å². The topological polar surface area (TPSA) is 55.6 Å². The molecule has 0 atom stereocenters. The highest BCUT2D eigenvalue weighted by molar-refractivity contribution is 6.30. The van der Waals surface area contributed by atoms with Gasteiger partial charge in [0.2, 0.25) is 0 Å². The number of aromatic amines is 1. The smallest absolute Gasteiger partial charge is 0.391 e. The van der Waals surface area contributed by atoms with Crippen LogP contribution in [0.25, 0.3) is 28.3 Å². The minimum atomic E-state index is 0.704. The lowest BCUT2D eigenvalue weighted by molar-refractivity contribution is -0.496. The normalized spacial score (nSPS) is 11.4. The molecule has 2 aromatic heterocycles. The quantitative estimate of drug-likeness (QED) is 0.272. The molecule has 5 aromatic rings. The van der Waals surface area contributed by atoms with Gasteiger partial charge in [-0.3, -0.25) is 0 Å². The summed E-state index contributed by atoms with van der Waals surface area (Å²) in [7, 11) is 3.32. The molecule has 0 aliphatic heterocycles. The van der Waals surface area contributed by atoms with E-state index in [0.29, 0.717) is 5.02 Å². The summed E-state index contributed by atoms with van der Waals surface area (Å²) < 4.78 is 14.5. The van der Waals surface area contributed by atoms with E-state index >= 15 is 0 Å². The average Bonchev–Trinajstić information content (AvgIpc) is 3.43. The first kappa shape index (κ1) is 20.8. The van der Waals surface area contributed by atoms with Crippen LogP contribution >= 0.6 is 11.6 Å². The first-order valence-electron chi connectivity index (χ1n) is 10.4. The molecule has 0 amide bonds. The van der Waals surface area contributed by atoms with E-state index in [2.05, 4.69) is 15.6 Å². The number of hydrogen-bond acceptors (Lipinski definition) is 3. The summed E-state index contributed by atoms with van der Waals surface area (Å²) in [6.07, 6.45) is 5.89. The Balaban J connectivity index is 1.60. The zero-order valence-corrected chi connectivity index (χ0v) is 19.0. The molecule has 0 bridgehead atoms. The number of hydrogen-bond donors (Lipinski definition) is 1. The summed E-state index contributed by atoms with van der Waals surface area (Å²) in [5, 5.41) is 5.42. The second kappa shape index (κ2) is 8.84. The van der Waals surface area contributed by atoms with Crippen LogP contribution < -0.4 is 13.9 Å². The summed E-state index contributed by atoms with van der Waals surface area (Å²) >= 11 is 6.07. The molecule has 0 spiro atoms. The highest BCUT2D eigenvalue weighted by atomic mass is 35.5. The Bertz CT molecular complexity index is 1420. The second-order valence-corrected chi connectivity index (χ2v) is 7.91. The van der Waals surface area contributed by atoms with E-state index in [9.17, 15) is 0 Å². The van der Waals surface area contributed by atoms with Crippen molar-refractivity contribution >= 4 is 23.6 Å². The van der Waals surface area contributed by atoms with Crippen molar-refractivity contribution in [3.63, 3.8) is 0 Å². The molecule has 164 valence electrons. The SMILES string of the molecule is COc1ccc(/C=N/n2cc(-c3ccc(OC)cc3)[n+]3cc(-c4ccc(Cl)cc4)[nH]c23)cc1. The Morgan fingerprint density at radius 2 is 1.45 bits per heavy atom. The summed E-state index contributed by atoms with van der Waals surface area (Å²) in [4.78, 5) is 3.49. The Morgan fingerprint density at radius 3 is 2.09 bits per heavy atom. The molecule has 0 fully saturated rings. The van der Waals surface area contributed by atoms with E-state index in [1.54, 1.807) is 14.2 Å². The fourth-order valence-electron chi connectivity index (χ4n) is 3.65. The number of nitrogens with one attached hydrogen (secondary N) is 1. The van der Waals surface area contributed by atoms with Crippen molar-refractivity contribution in [1.82, 2.24) is 9.66 Å². The van der Waals surface area contributed by atoms with Crippen LogP contribution in [-0.4, -0.2) is 30.1 Å². The van der Waals surface area contributed by atoms with E-state index in [4.69, 9.17) is 26.2 Å². The van der Waals surface area contributed by atoms with Gasteiger partial charge in [0.05, 0.1) is 20.4 Å². The molecular weight excluding hydrogens is 436 g/mol. The number of nitrogens with zero attached hydrogens (tertiary/aromatic N) is 3. The van der Waals surface area contributed by atoms with Crippen molar-refractivity contribution in [3.8, 4) is 34.0 Å². The molecule has 33 heavy (non-hydrogen) atoms. The van der Waals surface area contributed by atoms with Crippen LogP contribution in [0.4, 0.5) is 0 Å². The summed E-state index contributed by atoms with van der Waals surface area (Å²) in [6, 6.07) is 23.5. The number of rotatable bonds is 6. The van der Waals surface area contributed by atoms with Gasteiger partial charge in [0, 0.05) is 16.1 Å². The predicted octanol–water partition coefficient (Wildman–Crippen LogP) is 5.44. The van der Waals surface area contributed by atoms with E-state index in [1.165, 1.54) is 0 Å². The van der Waals surface area contributed by atoms with Crippen LogP contribution in [0, 0.1) is 0 Å². The zero-order chi connectivity index (χ0) is 22.8. The number of fused-ring (bicyclic) bond motifs is 1. The van der Waals surface area contributed by atoms with Crippen LogP contribution in [0.15, 0.2) is 90.3 Å². The molecule has 6 nitrogen and oxygen atoms in total. The first-order valence-corrected chi connectivity index (χ1v) is 10.8. The average molecular weight is 458 g/mol. The standard InChI is InChI=1S/C26H21ClN4O2/c1-32-22-11-3-18(4-12-22)15-28-31-17-25(20-7-13-23(33-2)14-8-20)30-16-24(29-26(30)31)19-5-9-21(27)10-6-19/h3-17H,1-2H3/p+1/b28-15+. The summed E-state index contributed by atoms with van der Waals surface area (Å²) in [5.74, 6) is 2.45. The largest absolute Gasteiger partial charge is 0.497 e. The van der Waals surface area contributed by atoms with E-state index in [-0.39, 0.29) is 0 Å². The molecule has 1 N–H and O–H groups in total. The second-order valence-electron chi connectivity index (χ2n) is 7.47. The summed E-state index contributed by atoms with van der Waals surface area (Å²) in [5.41, 5.74) is 5.01. The monoisotopic (exact) mass is 457 g/mol. The van der Waals surface area contributed by atoms with Gasteiger partial charge in [0.15, 0.2) is 0 Å². The van der Waals surface area contributed by atoms with E-state index < -0.39 is 0 Å². The van der Waals surface area contributed by atoms with Crippen LogP contribution in [0.1, 0.15) is 5.56 Å². The Hall–Kier alpha value is -4.03. The molecule has 0 aliphatic carbocycles. The molecule has 7 heteroatoms. The molecule has 3 aromatic carbocycles. The predicted molar refractivity (Wildman–Crippen MR) is 130 cm³/mol. The van der Waals surface area contributed by atoms with Gasteiger partial charge in [0.25, 0.3) is 0 Å². The van der Waals surface area contributed by atoms with Crippen molar-refractivity contribution in [2.24, 2.45) is 5.10 Å². The maximum absolute atomic E-state index is 6.07. The van der Waals surface area contributed by atoms with E-state index in [0.717, 1.165) is 45.4 Å². The minimum absolute atomic E-state index is 0.704. The fourth-order valence-corrected chi connectivity index (χ4v) is 3.78. The van der Waals surface area contributed by atoms with Gasteiger partial charge in [0.1, 0.15) is 35.3 Å². The fraction of sp³-hybridized carbons (Fsp3) is 0.0769. The zero-order valence-electron chi connectivity index (χ0n) is 18.2. The molecular formula is C26H22ClN4O2+. The number of H-pyrrole nitrogens is 1. The number of benzene rings is 3. The van der Waals surface area contributed by atoms with Crippen molar-refractivity contribution in [1.29, 1.82) is 0 Å². The van der Waals surface area contributed by atoms with Crippen LogP contribution in [0.2, 0.25) is 5.02 Å². The molecule has 2 heterocycles. The maximum atomic E-state index is 6.07. The molecule has 0 saturated carbocycles. The first-order chi connectivity index (χ1) is 16.1. The van der Waals surface area contributed by atoms with Crippen molar-refractivity contribution in [2.45, 2.75) is 0 Å². The van der Waals surface area contributed by atoms with Crippen molar-refractivity contribution < 1.29 is 13.9 Å². The molecule has 0 aliphatic rings. The van der Waals surface area contributed by atoms with E-state index in [1.807, 2.05) is 89.9 Å². The highest BCUT2D eigenvalue weighted by Gasteiger charge is 2.21. The Labute approximate surface area is 196 Å². The van der Waals surface area contributed by atoms with Crippen molar-refractivity contribution in [3.05, 3.63) is 95.8 Å². The number of halogens is 1. The summed E-state index contributed by atoms with van der Waals surface area (Å²) in [6.45, 7) is 0. The maximum Gasteiger partial charge on any atom is 0.391 e. The third-order valence-electron chi connectivity index (χ3n) is 5.44. The number of imidazole rings is 2. The molecule has 0 unspecified atom stereocenters. The van der Waals surface area contributed by atoms with Gasteiger partial charge >= 0.3 is 5.78 Å². The van der Waals surface area contributed by atoms with Crippen LogP contribution in [0.5, 0.6) is 11.5 Å². The Morgan fingerprint density at radius 1 is 0.848 bits per heavy atom. The van der Waals surface area contributed by atoms with Gasteiger partial charge in [-0.2, -0.15) is 4.40 Å². The minimum Gasteiger partial charge on any atom is -0.497 e. The lowest BCUT2D eigenvalue weighted by Crippen LogP contribution is -2.18.